The minimum atomic E-state index is -0.351. The smallest absolute Gasteiger partial charge is 0.338 e. The second-order valence-corrected chi connectivity index (χ2v) is 22.4. The number of hydrogen-bond acceptors (Lipinski definition) is 10. The molecule has 3 fully saturated rings. The molecule has 0 aromatic heterocycles. The fourth-order valence-corrected chi connectivity index (χ4v) is 13.1. The number of nitrogens with zero attached hydrogens (tertiary/aromatic N) is 3. The van der Waals surface area contributed by atoms with Crippen LogP contribution in [0, 0.1) is 46.3 Å². The van der Waals surface area contributed by atoms with Crippen molar-refractivity contribution in [1.29, 1.82) is 0 Å². The lowest BCUT2D eigenvalue weighted by atomic mass is 9.47. The second kappa shape index (κ2) is 25.4. The van der Waals surface area contributed by atoms with Crippen LogP contribution in [0.1, 0.15) is 153 Å². The molecule has 0 radical (unpaired) electrons. The summed E-state index contributed by atoms with van der Waals surface area (Å²) in [4.78, 5) is 30.3. The van der Waals surface area contributed by atoms with E-state index in [2.05, 4.69) is 55.9 Å². The van der Waals surface area contributed by atoms with Crippen molar-refractivity contribution in [2.75, 3.05) is 26.9 Å². The van der Waals surface area contributed by atoms with Crippen LogP contribution in [-0.4, -0.2) is 51.2 Å². The summed E-state index contributed by atoms with van der Waals surface area (Å²) in [6.45, 7) is 13.9. The molecule has 390 valence electrons. The Bertz CT molecular complexity index is 2480. The zero-order chi connectivity index (χ0) is 51.2. The lowest BCUT2D eigenvalue weighted by molar-refractivity contribution is -0.151. The Morgan fingerprint density at radius 1 is 0.671 bits per heavy atom. The summed E-state index contributed by atoms with van der Waals surface area (Å²) in [7, 11) is 1.63. The number of benzene rings is 4. The summed E-state index contributed by atoms with van der Waals surface area (Å²) in [5.74, 6) is 6.78. The van der Waals surface area contributed by atoms with E-state index < -0.39 is 0 Å². The maximum atomic E-state index is 13.0. The van der Waals surface area contributed by atoms with E-state index >= 15 is 0 Å². The van der Waals surface area contributed by atoms with Gasteiger partial charge < -0.3 is 23.7 Å². The van der Waals surface area contributed by atoms with Crippen LogP contribution >= 0.6 is 0 Å². The van der Waals surface area contributed by atoms with Gasteiger partial charge in [0.1, 0.15) is 23.4 Å². The van der Waals surface area contributed by atoms with Crippen LogP contribution in [-0.2, 0) is 14.3 Å². The summed E-state index contributed by atoms with van der Waals surface area (Å²) >= 11 is 0. The highest BCUT2D eigenvalue weighted by atomic mass is 16.5. The number of hydrogen-bond donors (Lipinski definition) is 0. The monoisotopic (exact) mass is 992 g/mol. The molecule has 4 aliphatic rings. The van der Waals surface area contributed by atoms with Crippen LogP contribution in [0.2, 0.25) is 0 Å². The van der Waals surface area contributed by atoms with E-state index in [0.29, 0.717) is 43.6 Å². The normalized spacial score (nSPS) is 24.9. The topological polar surface area (TPSA) is 117 Å². The number of azo groups is 1. The third-order valence-corrected chi connectivity index (χ3v) is 17.2. The van der Waals surface area contributed by atoms with E-state index in [4.69, 9.17) is 23.7 Å². The molecule has 0 heterocycles. The van der Waals surface area contributed by atoms with Crippen LogP contribution < -0.4 is 14.2 Å². The number of esters is 2. The number of carbonyl (C=O) groups excluding carboxylic acids is 2. The fraction of sp³-hybridized carbons (Fsp3) is 0.540. The van der Waals surface area contributed by atoms with Crippen molar-refractivity contribution in [3.63, 3.8) is 0 Å². The molecule has 0 spiro atoms. The third-order valence-electron chi connectivity index (χ3n) is 17.2. The van der Waals surface area contributed by atoms with E-state index in [1.165, 1.54) is 51.4 Å². The van der Waals surface area contributed by atoms with Gasteiger partial charge in [-0.3, -0.25) is 9.79 Å². The Kier molecular flexibility index (Phi) is 18.7. The van der Waals surface area contributed by atoms with Gasteiger partial charge in [0, 0.05) is 19.1 Å². The van der Waals surface area contributed by atoms with Crippen LogP contribution in [0.3, 0.4) is 0 Å². The van der Waals surface area contributed by atoms with Crippen molar-refractivity contribution < 1.29 is 33.3 Å². The van der Waals surface area contributed by atoms with Gasteiger partial charge in [-0.1, -0.05) is 65.5 Å². The van der Waals surface area contributed by atoms with Crippen molar-refractivity contribution in [2.24, 2.45) is 61.6 Å². The highest BCUT2D eigenvalue weighted by Crippen LogP contribution is 2.67. The Morgan fingerprint density at radius 2 is 1.32 bits per heavy atom. The number of aliphatic imine (C=N–C) groups is 1. The standard InChI is InChI=1S/C63H81N3O7/c1-44(2)12-10-13-45(3)57-33-34-58-56-32-19-48-42-55(35-37-62(48,4)59(56)36-38-63(57,58)5)73-60(67)14-11-41-71-53-26-15-46(16-27-53)43-64-49-20-17-47(18-21-49)61(68)72-40-9-7-8-39-70-54-30-24-51(25-31-54)66-65-50-22-28-52(69-6)29-23-50/h15-31,43-45,55-59H,7-14,32-42H2,1-6H3/t45-,55+,56+,57-,58+,59+,62+,63-/m1/s1. The van der Waals surface area contributed by atoms with E-state index in [1.54, 1.807) is 31.0 Å². The molecule has 0 bridgehead atoms. The molecule has 4 aromatic carbocycles. The molecule has 8 rings (SSSR count). The Morgan fingerprint density at radius 3 is 2.00 bits per heavy atom. The number of rotatable bonds is 24. The molecule has 0 amide bonds. The first-order valence-corrected chi connectivity index (χ1v) is 27.6. The van der Waals surface area contributed by atoms with Gasteiger partial charge in [-0.15, -0.1) is 0 Å². The molecule has 3 saturated carbocycles. The van der Waals surface area contributed by atoms with Gasteiger partial charge in [0.25, 0.3) is 0 Å². The van der Waals surface area contributed by atoms with Crippen molar-refractivity contribution >= 4 is 35.2 Å². The summed E-state index contributed by atoms with van der Waals surface area (Å²) in [5.41, 5.74) is 5.94. The maximum absolute atomic E-state index is 13.0. The van der Waals surface area contributed by atoms with Gasteiger partial charge in [0.15, 0.2) is 0 Å². The number of unbranched alkanes of at least 4 members (excludes halogenated alkanes) is 2. The fourth-order valence-electron chi connectivity index (χ4n) is 13.1. The number of ether oxygens (including phenoxy) is 5. The van der Waals surface area contributed by atoms with Crippen LogP contribution in [0.15, 0.2) is 124 Å². The minimum Gasteiger partial charge on any atom is -0.497 e. The molecule has 8 atom stereocenters. The second-order valence-electron chi connectivity index (χ2n) is 22.4. The number of methoxy groups -OCH3 is 1. The summed E-state index contributed by atoms with van der Waals surface area (Å²) in [5, 5.41) is 8.54. The van der Waals surface area contributed by atoms with Gasteiger partial charge in [-0.2, -0.15) is 10.2 Å². The van der Waals surface area contributed by atoms with Crippen molar-refractivity contribution in [2.45, 2.75) is 143 Å². The van der Waals surface area contributed by atoms with Crippen LogP contribution in [0.4, 0.5) is 17.1 Å². The molecular weight excluding hydrogens is 911 g/mol. The van der Waals surface area contributed by atoms with Crippen molar-refractivity contribution in [3.05, 3.63) is 120 Å². The zero-order valence-corrected chi connectivity index (χ0v) is 44.6. The number of allylic oxidation sites excluding steroid dienone is 1. The Hall–Kier alpha value is -5.77. The highest BCUT2D eigenvalue weighted by Gasteiger charge is 2.59. The van der Waals surface area contributed by atoms with Gasteiger partial charge in [-0.05, 0) is 220 Å². The average Bonchev–Trinajstić information content (AvgIpc) is 3.77. The Labute approximate surface area is 435 Å². The molecular formula is C63H81N3O7. The summed E-state index contributed by atoms with van der Waals surface area (Å²) in [6.07, 6.45) is 21.7. The van der Waals surface area contributed by atoms with E-state index in [-0.39, 0.29) is 23.5 Å². The highest BCUT2D eigenvalue weighted by molar-refractivity contribution is 5.90. The first-order valence-electron chi connectivity index (χ1n) is 27.6. The SMILES string of the molecule is COc1ccc(N=Nc2ccc(OCCCCCOC(=O)c3ccc(N=Cc4ccc(OCCCC(=O)O[C@H]5CC[C@@]6(C)C(=CC[C@H]7[C@@H]8CC[C@H]([C@H](C)CCCC(C)C)[C@@]8(C)CC[C@@H]76)C5)cc4)cc3)cc2)cc1. The van der Waals surface area contributed by atoms with Gasteiger partial charge in [0.05, 0.1) is 49.6 Å². The average molecular weight is 992 g/mol. The molecule has 0 N–H and O–H groups in total. The number of carbonyl (C=O) groups is 2. The molecule has 4 aliphatic carbocycles. The number of fused-ring (bicyclic) bond motifs is 5. The zero-order valence-electron chi connectivity index (χ0n) is 44.6. The molecule has 0 unspecified atom stereocenters. The molecule has 10 nitrogen and oxygen atoms in total. The lowest BCUT2D eigenvalue weighted by Crippen LogP contribution is -2.51. The quantitative estimate of drug-likeness (QED) is 0.0226. The van der Waals surface area contributed by atoms with E-state index in [1.807, 2.05) is 84.9 Å². The third kappa shape index (κ3) is 14.1. The molecule has 0 aliphatic heterocycles. The first-order chi connectivity index (χ1) is 35.4. The van der Waals surface area contributed by atoms with Gasteiger partial charge >= 0.3 is 11.9 Å². The Balaban J connectivity index is 0.674. The van der Waals surface area contributed by atoms with Crippen LogP contribution in [0.25, 0.3) is 0 Å². The van der Waals surface area contributed by atoms with Gasteiger partial charge in [-0.25, -0.2) is 4.79 Å². The van der Waals surface area contributed by atoms with E-state index in [9.17, 15) is 9.59 Å². The largest absolute Gasteiger partial charge is 0.497 e. The van der Waals surface area contributed by atoms with Gasteiger partial charge in [0.2, 0.25) is 0 Å². The predicted molar refractivity (Wildman–Crippen MR) is 291 cm³/mol. The summed E-state index contributed by atoms with van der Waals surface area (Å²) < 4.78 is 28.7. The molecule has 73 heavy (non-hydrogen) atoms. The first kappa shape index (κ1) is 53.5. The van der Waals surface area contributed by atoms with Crippen molar-refractivity contribution in [1.82, 2.24) is 0 Å². The van der Waals surface area contributed by atoms with Crippen molar-refractivity contribution in [3.8, 4) is 17.2 Å². The molecule has 10 heteroatoms. The lowest BCUT2D eigenvalue weighted by Gasteiger charge is -2.58. The van der Waals surface area contributed by atoms with E-state index in [0.717, 1.165) is 114 Å². The summed E-state index contributed by atoms with van der Waals surface area (Å²) in [6, 6.07) is 29.7. The predicted octanol–water partition coefficient (Wildman–Crippen LogP) is 16.4. The van der Waals surface area contributed by atoms with Crippen LogP contribution in [0.5, 0.6) is 17.2 Å². The maximum Gasteiger partial charge on any atom is 0.338 e. The molecule has 4 aromatic rings. The molecule has 0 saturated heterocycles. The minimum absolute atomic E-state index is 0.0160.